The first-order valence-electron chi connectivity index (χ1n) is 11.7. The van der Waals surface area contributed by atoms with Gasteiger partial charge in [-0.1, -0.05) is 19.1 Å². The first-order chi connectivity index (χ1) is 16.6. The maximum atomic E-state index is 12.6. The summed E-state index contributed by atoms with van der Waals surface area (Å²) in [7, 11) is -7.02. The third-order valence-electron chi connectivity index (χ3n) is 5.83. The van der Waals surface area contributed by atoms with Gasteiger partial charge in [0.1, 0.15) is 5.75 Å². The van der Waals surface area contributed by atoms with Crippen LogP contribution in [-0.4, -0.2) is 59.3 Å². The highest BCUT2D eigenvalue weighted by molar-refractivity contribution is 7.89. The minimum absolute atomic E-state index is 0.133. The summed E-state index contributed by atoms with van der Waals surface area (Å²) < 4.78 is 59.3. The highest BCUT2D eigenvalue weighted by Gasteiger charge is 2.26. The Balaban J connectivity index is 1.42. The van der Waals surface area contributed by atoms with Gasteiger partial charge in [-0.2, -0.15) is 4.31 Å². The molecule has 35 heavy (non-hydrogen) atoms. The van der Waals surface area contributed by atoms with Crippen molar-refractivity contribution in [3.63, 3.8) is 0 Å². The lowest BCUT2D eigenvalue weighted by atomic mass is 10.1. The van der Waals surface area contributed by atoms with Gasteiger partial charge < -0.3 is 10.1 Å². The molecule has 11 heteroatoms. The van der Waals surface area contributed by atoms with E-state index >= 15 is 0 Å². The number of nitrogens with one attached hydrogen (secondary N) is 2. The molecule has 1 saturated heterocycles. The number of amides is 1. The van der Waals surface area contributed by atoms with E-state index in [9.17, 15) is 21.6 Å². The molecule has 2 N–H and O–H groups in total. The lowest BCUT2D eigenvalue weighted by Crippen LogP contribution is -2.32. The number of rotatable bonds is 12. The normalized spacial score (nSPS) is 15.6. The second-order valence-electron chi connectivity index (χ2n) is 8.55. The van der Waals surface area contributed by atoms with Gasteiger partial charge in [-0.25, -0.2) is 21.6 Å². The lowest BCUT2D eigenvalue weighted by Gasteiger charge is -2.15. The first-order valence-corrected chi connectivity index (χ1v) is 14.6. The second kappa shape index (κ2) is 12.0. The van der Waals surface area contributed by atoms with Crippen LogP contribution in [0.5, 0.6) is 5.75 Å². The molecule has 0 spiro atoms. The van der Waals surface area contributed by atoms with Crippen LogP contribution >= 0.6 is 0 Å². The van der Waals surface area contributed by atoms with E-state index in [1.807, 2.05) is 6.92 Å². The van der Waals surface area contributed by atoms with Crippen molar-refractivity contribution < 1.29 is 26.4 Å². The van der Waals surface area contributed by atoms with E-state index < -0.39 is 20.0 Å². The number of benzene rings is 2. The second-order valence-corrected chi connectivity index (χ2v) is 12.2. The summed E-state index contributed by atoms with van der Waals surface area (Å²) in [6, 6.07) is 12.5. The van der Waals surface area contributed by atoms with E-state index in [0.29, 0.717) is 38.2 Å². The number of ether oxygens (including phenoxy) is 1. The molecule has 0 saturated carbocycles. The highest BCUT2D eigenvalue weighted by atomic mass is 32.2. The van der Waals surface area contributed by atoms with Crippen LogP contribution in [0.3, 0.4) is 0 Å². The van der Waals surface area contributed by atoms with Gasteiger partial charge in [0.2, 0.25) is 20.0 Å². The molecule has 1 amide bonds. The number of carbonyl (C=O) groups is 1. The summed E-state index contributed by atoms with van der Waals surface area (Å²) in [5.74, 6) is 0.0748. The minimum Gasteiger partial charge on any atom is -0.484 e. The zero-order valence-electron chi connectivity index (χ0n) is 20.1. The SMILES string of the molecule is CC[C@H](C)NS(=O)(=O)c1ccc(OCC(=O)NCCc2ccc(S(=O)(=O)N3CCCC3)cc2)cc1. The van der Waals surface area contributed by atoms with Crippen molar-refractivity contribution in [2.75, 3.05) is 26.2 Å². The van der Waals surface area contributed by atoms with Gasteiger partial charge in [0.25, 0.3) is 5.91 Å². The molecule has 1 atom stereocenters. The summed E-state index contributed by atoms with van der Waals surface area (Å²) in [6.07, 6.45) is 3.01. The fraction of sp³-hybridized carbons (Fsp3) is 0.458. The maximum Gasteiger partial charge on any atom is 0.257 e. The van der Waals surface area contributed by atoms with Gasteiger partial charge in [-0.05, 0) is 74.6 Å². The topological polar surface area (TPSA) is 122 Å². The summed E-state index contributed by atoms with van der Waals surface area (Å²) in [4.78, 5) is 12.5. The van der Waals surface area contributed by atoms with Crippen molar-refractivity contribution in [1.82, 2.24) is 14.3 Å². The molecule has 1 fully saturated rings. The van der Waals surface area contributed by atoms with Gasteiger partial charge in [0.05, 0.1) is 9.79 Å². The Bertz CT molecular complexity index is 1190. The third-order valence-corrected chi connectivity index (χ3v) is 9.35. The fourth-order valence-electron chi connectivity index (χ4n) is 3.58. The largest absolute Gasteiger partial charge is 0.484 e. The molecule has 1 heterocycles. The molecule has 9 nitrogen and oxygen atoms in total. The molecular formula is C24H33N3O6S2. The quantitative estimate of drug-likeness (QED) is 0.440. The van der Waals surface area contributed by atoms with Gasteiger partial charge in [-0.15, -0.1) is 0 Å². The predicted molar refractivity (Wildman–Crippen MR) is 133 cm³/mol. The zero-order valence-corrected chi connectivity index (χ0v) is 21.7. The molecule has 2 aromatic carbocycles. The van der Waals surface area contributed by atoms with Gasteiger partial charge in [0.15, 0.2) is 6.61 Å². The van der Waals surface area contributed by atoms with E-state index in [2.05, 4.69) is 10.0 Å². The highest BCUT2D eigenvalue weighted by Crippen LogP contribution is 2.21. The predicted octanol–water partition coefficient (Wildman–Crippen LogP) is 2.29. The summed E-state index contributed by atoms with van der Waals surface area (Å²) >= 11 is 0. The Hall–Kier alpha value is -2.47. The average molecular weight is 524 g/mol. The van der Waals surface area contributed by atoms with E-state index in [1.54, 1.807) is 31.2 Å². The minimum atomic E-state index is -3.59. The number of carbonyl (C=O) groups excluding carboxylic acids is 1. The van der Waals surface area contributed by atoms with Crippen molar-refractivity contribution in [1.29, 1.82) is 0 Å². The Morgan fingerprint density at radius 2 is 1.57 bits per heavy atom. The molecule has 1 aliphatic heterocycles. The van der Waals surface area contributed by atoms with Crippen molar-refractivity contribution in [2.45, 2.75) is 55.4 Å². The van der Waals surface area contributed by atoms with E-state index in [4.69, 9.17) is 4.74 Å². The lowest BCUT2D eigenvalue weighted by molar-refractivity contribution is -0.123. The zero-order chi connectivity index (χ0) is 25.5. The molecule has 3 rings (SSSR count). The Morgan fingerprint density at radius 1 is 0.971 bits per heavy atom. The molecule has 0 aliphatic carbocycles. The monoisotopic (exact) mass is 523 g/mol. The fourth-order valence-corrected chi connectivity index (χ4v) is 6.43. The molecule has 192 valence electrons. The van der Waals surface area contributed by atoms with E-state index in [1.165, 1.54) is 28.6 Å². The van der Waals surface area contributed by atoms with Gasteiger partial charge in [0, 0.05) is 25.7 Å². The van der Waals surface area contributed by atoms with Gasteiger partial charge >= 0.3 is 0 Å². The van der Waals surface area contributed by atoms with Crippen LogP contribution in [0.1, 0.15) is 38.7 Å². The Labute approximate surface area is 208 Å². The summed E-state index contributed by atoms with van der Waals surface area (Å²) in [6.45, 7) is 4.99. The van der Waals surface area contributed by atoms with Crippen molar-refractivity contribution >= 4 is 26.0 Å². The Kier molecular flexibility index (Phi) is 9.28. The molecule has 1 aliphatic rings. The number of hydrogen-bond acceptors (Lipinski definition) is 6. The standard InChI is InChI=1S/C24H33N3O6S2/c1-3-19(2)26-34(29,30)22-12-8-21(9-13-22)33-18-24(28)25-15-14-20-6-10-23(11-7-20)35(31,32)27-16-4-5-17-27/h6-13,19,26H,3-5,14-18H2,1-2H3,(H,25,28)/t19-/m0/s1. The van der Waals surface area contributed by atoms with Crippen molar-refractivity contribution in [3.8, 4) is 5.75 Å². The van der Waals surface area contributed by atoms with Crippen molar-refractivity contribution in [3.05, 3.63) is 54.1 Å². The number of sulfonamides is 2. The van der Waals surface area contributed by atoms with Crippen LogP contribution in [0.4, 0.5) is 0 Å². The van der Waals surface area contributed by atoms with E-state index in [0.717, 1.165) is 18.4 Å². The molecule has 0 radical (unpaired) electrons. The number of hydrogen-bond donors (Lipinski definition) is 2. The maximum absolute atomic E-state index is 12.6. The summed E-state index contributed by atoms with van der Waals surface area (Å²) in [5, 5.41) is 2.76. The molecule has 0 aromatic heterocycles. The van der Waals surface area contributed by atoms with Gasteiger partial charge in [-0.3, -0.25) is 4.79 Å². The Morgan fingerprint density at radius 3 is 2.17 bits per heavy atom. The summed E-state index contributed by atoms with van der Waals surface area (Å²) in [5.41, 5.74) is 0.911. The van der Waals surface area contributed by atoms with Crippen LogP contribution in [0, 0.1) is 0 Å². The van der Waals surface area contributed by atoms with Crippen molar-refractivity contribution in [2.24, 2.45) is 0 Å². The molecular weight excluding hydrogens is 490 g/mol. The molecule has 0 bridgehead atoms. The van der Waals surface area contributed by atoms with Crippen LogP contribution in [0.2, 0.25) is 0 Å². The average Bonchev–Trinajstić information content (AvgIpc) is 3.39. The van der Waals surface area contributed by atoms with Crippen LogP contribution in [0.15, 0.2) is 58.3 Å². The molecule has 0 unspecified atom stereocenters. The van der Waals surface area contributed by atoms with Crippen LogP contribution in [0.25, 0.3) is 0 Å². The smallest absolute Gasteiger partial charge is 0.257 e. The third kappa shape index (κ3) is 7.50. The van der Waals surface area contributed by atoms with E-state index in [-0.39, 0.29) is 28.3 Å². The number of nitrogens with zero attached hydrogens (tertiary/aromatic N) is 1. The first kappa shape index (κ1) is 27.1. The van der Waals surface area contributed by atoms with Crippen LogP contribution in [-0.2, 0) is 31.3 Å². The van der Waals surface area contributed by atoms with Crippen LogP contribution < -0.4 is 14.8 Å². The molecule has 2 aromatic rings.